The van der Waals surface area contributed by atoms with Crippen molar-refractivity contribution in [3.63, 3.8) is 0 Å². The summed E-state index contributed by atoms with van der Waals surface area (Å²) in [5, 5.41) is 8.09. The lowest BCUT2D eigenvalue weighted by Gasteiger charge is -2.35. The van der Waals surface area contributed by atoms with Crippen molar-refractivity contribution < 1.29 is 19.1 Å². The minimum absolute atomic E-state index is 0.0925. The van der Waals surface area contributed by atoms with E-state index in [9.17, 15) is 14.4 Å². The Morgan fingerprint density at radius 2 is 1.97 bits per heavy atom. The first-order chi connectivity index (χ1) is 14.2. The van der Waals surface area contributed by atoms with Crippen molar-refractivity contribution in [1.82, 2.24) is 25.4 Å². The molecular formula is C19H30N6O4S. The van der Waals surface area contributed by atoms with Gasteiger partial charge in [0.2, 0.25) is 5.91 Å². The van der Waals surface area contributed by atoms with Crippen molar-refractivity contribution in [2.24, 2.45) is 0 Å². The van der Waals surface area contributed by atoms with Crippen molar-refractivity contribution in [3.8, 4) is 0 Å². The molecule has 0 radical (unpaired) electrons. The van der Waals surface area contributed by atoms with Gasteiger partial charge in [-0.1, -0.05) is 0 Å². The number of carbonyl (C=O) groups excluding carboxylic acids is 3. The number of urea groups is 1. The van der Waals surface area contributed by atoms with E-state index in [0.29, 0.717) is 43.5 Å². The minimum atomic E-state index is -0.489. The molecule has 0 aliphatic carbocycles. The SMILES string of the molecule is CC(C)(C)OC(=O)N1CCN(CCNC(=O)Cc2csc(N3CCNC3=O)n2)CC1. The quantitative estimate of drug-likeness (QED) is 0.683. The molecule has 4 amide bonds. The second kappa shape index (κ2) is 9.61. The molecular weight excluding hydrogens is 408 g/mol. The summed E-state index contributed by atoms with van der Waals surface area (Å²) in [4.78, 5) is 45.9. The van der Waals surface area contributed by atoms with Crippen LogP contribution in [0.3, 0.4) is 0 Å². The molecule has 10 nitrogen and oxygen atoms in total. The number of amides is 4. The minimum Gasteiger partial charge on any atom is -0.444 e. The van der Waals surface area contributed by atoms with Crippen LogP contribution < -0.4 is 15.5 Å². The number of nitrogens with one attached hydrogen (secondary N) is 2. The Morgan fingerprint density at radius 1 is 1.23 bits per heavy atom. The van der Waals surface area contributed by atoms with E-state index >= 15 is 0 Å². The third-order valence-corrected chi connectivity index (χ3v) is 5.66. The molecule has 0 saturated carbocycles. The molecule has 1 aromatic heterocycles. The summed E-state index contributed by atoms with van der Waals surface area (Å²) in [6, 6.07) is -0.146. The van der Waals surface area contributed by atoms with Crippen LogP contribution in [0.2, 0.25) is 0 Å². The Bertz CT molecular complexity index is 769. The van der Waals surface area contributed by atoms with E-state index in [2.05, 4.69) is 20.5 Å². The van der Waals surface area contributed by atoms with Crippen molar-refractivity contribution in [1.29, 1.82) is 0 Å². The molecule has 2 N–H and O–H groups in total. The van der Waals surface area contributed by atoms with Gasteiger partial charge in [-0.15, -0.1) is 11.3 Å². The lowest BCUT2D eigenvalue weighted by Crippen LogP contribution is -2.51. The van der Waals surface area contributed by atoms with Crippen LogP contribution in [-0.4, -0.2) is 90.8 Å². The molecule has 0 unspecified atom stereocenters. The van der Waals surface area contributed by atoms with Gasteiger partial charge in [-0.25, -0.2) is 14.6 Å². The molecule has 2 aliphatic rings. The lowest BCUT2D eigenvalue weighted by molar-refractivity contribution is -0.120. The van der Waals surface area contributed by atoms with Gasteiger partial charge >= 0.3 is 12.1 Å². The smallest absolute Gasteiger partial charge is 0.410 e. The maximum absolute atomic E-state index is 12.2. The van der Waals surface area contributed by atoms with Gasteiger partial charge in [-0.05, 0) is 20.8 Å². The van der Waals surface area contributed by atoms with Crippen molar-refractivity contribution in [2.75, 3.05) is 57.3 Å². The van der Waals surface area contributed by atoms with E-state index in [1.54, 1.807) is 9.80 Å². The Hall–Kier alpha value is -2.40. The van der Waals surface area contributed by atoms with E-state index in [0.717, 1.165) is 19.6 Å². The molecule has 0 aromatic carbocycles. The molecule has 2 saturated heterocycles. The molecule has 0 atom stereocenters. The molecule has 30 heavy (non-hydrogen) atoms. The standard InChI is InChI=1S/C19H30N6O4S/c1-19(2,3)29-18(28)24-10-8-23(9-11-24)6-4-20-15(26)12-14-13-30-17(22-14)25-7-5-21-16(25)27/h13H,4-12H2,1-3H3,(H,20,26)(H,21,27). The van der Waals surface area contributed by atoms with Crippen LogP contribution >= 0.6 is 11.3 Å². The molecule has 2 aliphatic heterocycles. The first-order valence-corrected chi connectivity index (χ1v) is 11.1. The largest absolute Gasteiger partial charge is 0.444 e. The predicted molar refractivity (Wildman–Crippen MR) is 114 cm³/mol. The van der Waals surface area contributed by atoms with Crippen molar-refractivity contribution in [2.45, 2.75) is 32.8 Å². The number of nitrogens with zero attached hydrogens (tertiary/aromatic N) is 4. The van der Waals surface area contributed by atoms with Gasteiger partial charge in [0, 0.05) is 57.7 Å². The molecule has 0 spiro atoms. The summed E-state index contributed by atoms with van der Waals surface area (Å²) in [5.41, 5.74) is 0.176. The molecule has 3 heterocycles. The second-order valence-electron chi connectivity index (χ2n) is 8.34. The molecule has 166 valence electrons. The van der Waals surface area contributed by atoms with E-state index in [1.165, 1.54) is 11.3 Å². The second-order valence-corrected chi connectivity index (χ2v) is 9.18. The number of carbonyl (C=O) groups is 3. The van der Waals surface area contributed by atoms with Crippen LogP contribution in [0.25, 0.3) is 0 Å². The van der Waals surface area contributed by atoms with E-state index < -0.39 is 5.60 Å². The number of hydrogen-bond donors (Lipinski definition) is 2. The Balaban J connectivity index is 1.33. The van der Waals surface area contributed by atoms with Gasteiger partial charge in [-0.2, -0.15) is 0 Å². The van der Waals surface area contributed by atoms with Gasteiger partial charge in [0.05, 0.1) is 12.1 Å². The summed E-state index contributed by atoms with van der Waals surface area (Å²) in [6.07, 6.45) is -0.0808. The van der Waals surface area contributed by atoms with Gasteiger partial charge < -0.3 is 20.3 Å². The summed E-state index contributed by atoms with van der Waals surface area (Å²) < 4.78 is 5.40. The molecule has 1 aromatic rings. The highest BCUT2D eigenvalue weighted by Crippen LogP contribution is 2.22. The Labute approximate surface area is 180 Å². The number of aromatic nitrogens is 1. The fourth-order valence-corrected chi connectivity index (χ4v) is 4.07. The monoisotopic (exact) mass is 438 g/mol. The summed E-state index contributed by atoms with van der Waals surface area (Å²) in [7, 11) is 0. The zero-order valence-electron chi connectivity index (χ0n) is 17.8. The third-order valence-electron chi connectivity index (χ3n) is 4.74. The number of piperazine rings is 1. The highest BCUT2D eigenvalue weighted by Gasteiger charge is 2.26. The number of ether oxygens (including phenoxy) is 1. The average molecular weight is 439 g/mol. The van der Waals surface area contributed by atoms with E-state index in [4.69, 9.17) is 4.74 Å². The van der Waals surface area contributed by atoms with E-state index in [1.807, 2.05) is 26.2 Å². The fourth-order valence-electron chi connectivity index (χ4n) is 3.22. The first kappa shape index (κ1) is 22.3. The molecule has 11 heteroatoms. The normalized spacial score (nSPS) is 17.8. The maximum atomic E-state index is 12.2. The third kappa shape index (κ3) is 6.30. The van der Waals surface area contributed by atoms with Gasteiger partial charge in [0.15, 0.2) is 5.13 Å². The Kier molecular flexibility index (Phi) is 7.14. The number of anilines is 1. The van der Waals surface area contributed by atoms with Gasteiger partial charge in [0.1, 0.15) is 5.60 Å². The van der Waals surface area contributed by atoms with Gasteiger partial charge in [-0.3, -0.25) is 14.6 Å². The fraction of sp³-hybridized carbons (Fsp3) is 0.684. The van der Waals surface area contributed by atoms with Crippen molar-refractivity contribution >= 4 is 34.5 Å². The average Bonchev–Trinajstić information content (AvgIpc) is 3.29. The topological polar surface area (TPSA) is 107 Å². The van der Waals surface area contributed by atoms with Gasteiger partial charge in [0.25, 0.3) is 0 Å². The van der Waals surface area contributed by atoms with Crippen LogP contribution in [0.1, 0.15) is 26.5 Å². The summed E-state index contributed by atoms with van der Waals surface area (Å²) in [5.74, 6) is -0.0925. The Morgan fingerprint density at radius 3 is 2.60 bits per heavy atom. The first-order valence-electron chi connectivity index (χ1n) is 10.2. The molecule has 2 fully saturated rings. The van der Waals surface area contributed by atoms with E-state index in [-0.39, 0.29) is 24.5 Å². The lowest BCUT2D eigenvalue weighted by atomic mass is 10.2. The summed E-state index contributed by atoms with van der Waals surface area (Å²) >= 11 is 1.37. The van der Waals surface area contributed by atoms with Crippen LogP contribution in [-0.2, 0) is 16.0 Å². The zero-order chi connectivity index (χ0) is 21.7. The predicted octanol–water partition coefficient (Wildman–Crippen LogP) is 0.884. The summed E-state index contributed by atoms with van der Waals surface area (Å²) in [6.45, 7) is 10.8. The number of hydrogen-bond acceptors (Lipinski definition) is 7. The highest BCUT2D eigenvalue weighted by atomic mass is 32.1. The van der Waals surface area contributed by atoms with Crippen molar-refractivity contribution in [3.05, 3.63) is 11.1 Å². The maximum Gasteiger partial charge on any atom is 0.410 e. The number of thiazole rings is 1. The molecule has 3 rings (SSSR count). The highest BCUT2D eigenvalue weighted by molar-refractivity contribution is 7.14. The zero-order valence-corrected chi connectivity index (χ0v) is 18.6. The van der Waals surface area contributed by atoms with Crippen LogP contribution in [0.4, 0.5) is 14.7 Å². The molecule has 0 bridgehead atoms. The van der Waals surface area contributed by atoms with Crippen LogP contribution in [0.5, 0.6) is 0 Å². The number of rotatable bonds is 6. The van der Waals surface area contributed by atoms with Crippen LogP contribution in [0.15, 0.2) is 5.38 Å². The van der Waals surface area contributed by atoms with Crippen LogP contribution in [0, 0.1) is 0 Å².